The van der Waals surface area contributed by atoms with Crippen LogP contribution in [0.2, 0.25) is 0 Å². The summed E-state index contributed by atoms with van der Waals surface area (Å²) < 4.78 is 5.12. The van der Waals surface area contributed by atoms with Crippen molar-refractivity contribution in [2.45, 2.75) is 45.1 Å². The van der Waals surface area contributed by atoms with E-state index in [0.717, 1.165) is 25.7 Å². The van der Waals surface area contributed by atoms with Crippen LogP contribution in [0.15, 0.2) is 0 Å². The van der Waals surface area contributed by atoms with Gasteiger partial charge in [-0.1, -0.05) is 38.3 Å². The van der Waals surface area contributed by atoms with Gasteiger partial charge in [0.25, 0.3) is 0 Å². The molecule has 1 aliphatic carbocycles. The highest BCUT2D eigenvalue weighted by Crippen LogP contribution is 2.27. The molecule has 0 saturated heterocycles. The molecule has 3 heteroatoms. The maximum atomic E-state index is 11.5. The number of rotatable bonds is 3. The minimum atomic E-state index is -0.465. The van der Waals surface area contributed by atoms with E-state index >= 15 is 0 Å². The fourth-order valence-corrected chi connectivity index (χ4v) is 1.59. The number of carbonyl (C=O) groups excluding carboxylic acids is 1. The van der Waals surface area contributed by atoms with Gasteiger partial charge in [0.05, 0.1) is 5.92 Å². The van der Waals surface area contributed by atoms with E-state index in [4.69, 9.17) is 16.3 Å². The summed E-state index contributed by atoms with van der Waals surface area (Å²) in [6, 6.07) is 0. The van der Waals surface area contributed by atoms with Gasteiger partial charge in [-0.05, 0) is 12.8 Å². The fourth-order valence-electron chi connectivity index (χ4n) is 1.50. The fraction of sp³-hybridized carbons (Fsp3) is 0.900. The molecule has 2 nitrogen and oxygen atoms in total. The van der Waals surface area contributed by atoms with Crippen LogP contribution in [-0.4, -0.2) is 11.5 Å². The molecule has 0 aromatic heterocycles. The highest BCUT2D eigenvalue weighted by molar-refractivity contribution is 6.20. The van der Waals surface area contributed by atoms with E-state index in [1.54, 1.807) is 0 Å². The molecular formula is C10H17ClO2. The Morgan fingerprint density at radius 3 is 2.38 bits per heavy atom. The van der Waals surface area contributed by atoms with E-state index < -0.39 is 5.56 Å². The number of hydrogen-bond acceptors (Lipinski definition) is 2. The monoisotopic (exact) mass is 204 g/mol. The van der Waals surface area contributed by atoms with Crippen molar-refractivity contribution in [1.82, 2.24) is 0 Å². The third-order valence-electron chi connectivity index (χ3n) is 2.44. The van der Waals surface area contributed by atoms with Crippen molar-refractivity contribution in [3.63, 3.8) is 0 Å². The molecule has 0 amide bonds. The summed E-state index contributed by atoms with van der Waals surface area (Å²) in [7, 11) is 0. The number of carbonyl (C=O) groups is 1. The summed E-state index contributed by atoms with van der Waals surface area (Å²) in [4.78, 5) is 11.5. The molecule has 0 bridgehead atoms. The highest BCUT2D eigenvalue weighted by Gasteiger charge is 2.26. The molecule has 0 aromatic carbocycles. The molecule has 0 unspecified atom stereocenters. The van der Waals surface area contributed by atoms with Gasteiger partial charge in [0.2, 0.25) is 0 Å². The van der Waals surface area contributed by atoms with Gasteiger partial charge in [-0.25, -0.2) is 0 Å². The molecule has 0 heterocycles. The lowest BCUT2D eigenvalue weighted by atomic mass is 10.1. The molecule has 0 radical (unpaired) electrons. The van der Waals surface area contributed by atoms with Crippen molar-refractivity contribution in [2.75, 3.05) is 0 Å². The molecule has 0 N–H and O–H groups in total. The molecule has 13 heavy (non-hydrogen) atoms. The third-order valence-corrected chi connectivity index (χ3v) is 3.03. The molecule has 1 aliphatic rings. The Bertz CT molecular complexity index is 174. The summed E-state index contributed by atoms with van der Waals surface area (Å²) >= 11 is 5.85. The van der Waals surface area contributed by atoms with Crippen LogP contribution in [0.1, 0.15) is 39.5 Å². The normalized spacial score (nSPS) is 20.6. The van der Waals surface area contributed by atoms with Gasteiger partial charge in [-0.3, -0.25) is 4.79 Å². The molecule has 0 aromatic rings. The Kier molecular flexibility index (Phi) is 4.04. The van der Waals surface area contributed by atoms with Crippen LogP contribution in [0.3, 0.4) is 0 Å². The smallest absolute Gasteiger partial charge is 0.310 e. The summed E-state index contributed by atoms with van der Waals surface area (Å²) in [6.07, 6.45) is 4.24. The molecule has 0 spiro atoms. The van der Waals surface area contributed by atoms with Crippen LogP contribution in [0, 0.1) is 11.8 Å². The second kappa shape index (κ2) is 4.85. The van der Waals surface area contributed by atoms with Crippen LogP contribution in [-0.2, 0) is 9.53 Å². The molecule has 76 valence electrons. The third kappa shape index (κ3) is 3.18. The lowest BCUT2D eigenvalue weighted by Gasteiger charge is -2.16. The highest BCUT2D eigenvalue weighted by atomic mass is 35.5. The predicted molar refractivity (Wildman–Crippen MR) is 52.5 cm³/mol. The number of ether oxygens (including phenoxy) is 1. The largest absolute Gasteiger partial charge is 0.445 e. The van der Waals surface area contributed by atoms with Crippen LogP contribution < -0.4 is 0 Å². The van der Waals surface area contributed by atoms with Gasteiger partial charge in [0.15, 0.2) is 5.56 Å². The molecule has 1 atom stereocenters. The summed E-state index contributed by atoms with van der Waals surface area (Å²) in [6.45, 7) is 3.89. The van der Waals surface area contributed by atoms with Crippen molar-refractivity contribution in [3.8, 4) is 0 Å². The Labute approximate surface area is 84.6 Å². The Morgan fingerprint density at radius 1 is 1.38 bits per heavy atom. The van der Waals surface area contributed by atoms with Crippen LogP contribution >= 0.6 is 11.6 Å². The van der Waals surface area contributed by atoms with Crippen molar-refractivity contribution in [3.05, 3.63) is 0 Å². The number of esters is 1. The number of hydrogen-bond donors (Lipinski definition) is 0. The SMILES string of the molecule is CC(C)[C@H](Cl)OC(=O)C1CCCC1. The second-order valence-electron chi connectivity index (χ2n) is 4.01. The maximum Gasteiger partial charge on any atom is 0.310 e. The maximum absolute atomic E-state index is 11.5. The minimum absolute atomic E-state index is 0.105. The van der Waals surface area contributed by atoms with Crippen molar-refractivity contribution in [2.24, 2.45) is 11.8 Å². The second-order valence-corrected chi connectivity index (χ2v) is 4.44. The van der Waals surface area contributed by atoms with E-state index in [1.165, 1.54) is 0 Å². The molecule has 0 aliphatic heterocycles. The average Bonchev–Trinajstić information content (AvgIpc) is 2.55. The first-order valence-electron chi connectivity index (χ1n) is 4.96. The zero-order valence-electron chi connectivity index (χ0n) is 8.25. The number of alkyl halides is 1. The van der Waals surface area contributed by atoms with Crippen LogP contribution in [0.4, 0.5) is 0 Å². The van der Waals surface area contributed by atoms with Crippen molar-refractivity contribution < 1.29 is 9.53 Å². The quantitative estimate of drug-likeness (QED) is 0.522. The van der Waals surface area contributed by atoms with Gasteiger partial charge in [-0.2, -0.15) is 0 Å². The van der Waals surface area contributed by atoms with E-state index in [1.807, 2.05) is 13.8 Å². The lowest BCUT2D eigenvalue weighted by Crippen LogP contribution is -2.22. The Hall–Kier alpha value is -0.240. The minimum Gasteiger partial charge on any atom is -0.445 e. The number of halogens is 1. The van der Waals surface area contributed by atoms with Gasteiger partial charge in [-0.15, -0.1) is 0 Å². The van der Waals surface area contributed by atoms with Gasteiger partial charge in [0, 0.05) is 5.92 Å². The zero-order chi connectivity index (χ0) is 9.84. The van der Waals surface area contributed by atoms with Gasteiger partial charge < -0.3 is 4.74 Å². The zero-order valence-corrected chi connectivity index (χ0v) is 9.01. The Balaban J connectivity index is 2.31. The van der Waals surface area contributed by atoms with E-state index in [9.17, 15) is 4.79 Å². The van der Waals surface area contributed by atoms with Crippen molar-refractivity contribution >= 4 is 17.6 Å². The summed E-state index contributed by atoms with van der Waals surface area (Å²) in [5.41, 5.74) is -0.465. The first kappa shape index (κ1) is 10.8. The molecule has 1 saturated carbocycles. The first-order valence-corrected chi connectivity index (χ1v) is 5.39. The summed E-state index contributed by atoms with van der Waals surface area (Å²) in [5.74, 6) is 0.193. The predicted octanol–water partition coefficient (Wildman–Crippen LogP) is 2.94. The topological polar surface area (TPSA) is 26.3 Å². The lowest BCUT2D eigenvalue weighted by molar-refractivity contribution is -0.151. The average molecular weight is 205 g/mol. The van der Waals surface area contributed by atoms with Gasteiger partial charge in [0.1, 0.15) is 0 Å². The van der Waals surface area contributed by atoms with E-state index in [0.29, 0.717) is 0 Å². The van der Waals surface area contributed by atoms with Gasteiger partial charge >= 0.3 is 5.97 Å². The molecule has 1 fully saturated rings. The molecule has 1 rings (SSSR count). The van der Waals surface area contributed by atoms with E-state index in [2.05, 4.69) is 0 Å². The standard InChI is InChI=1S/C10H17ClO2/c1-7(2)9(11)13-10(12)8-5-3-4-6-8/h7-9H,3-6H2,1-2H3/t9-/m1/s1. The first-order chi connectivity index (χ1) is 6.11. The molecular weight excluding hydrogens is 188 g/mol. The summed E-state index contributed by atoms with van der Waals surface area (Å²) in [5, 5.41) is 0. The van der Waals surface area contributed by atoms with E-state index in [-0.39, 0.29) is 17.8 Å². The van der Waals surface area contributed by atoms with Crippen LogP contribution in [0.25, 0.3) is 0 Å². The van der Waals surface area contributed by atoms with Crippen LogP contribution in [0.5, 0.6) is 0 Å². The van der Waals surface area contributed by atoms with Crippen molar-refractivity contribution in [1.29, 1.82) is 0 Å². The Morgan fingerprint density at radius 2 is 1.92 bits per heavy atom.